The highest BCUT2D eigenvalue weighted by atomic mass is 28.4. The maximum absolute atomic E-state index is 6.32. The first-order valence-electron chi connectivity index (χ1n) is 7.06. The first kappa shape index (κ1) is 14.5. The molecule has 0 spiro atoms. The van der Waals surface area contributed by atoms with Crippen molar-refractivity contribution in [2.24, 2.45) is 5.92 Å². The zero-order valence-electron chi connectivity index (χ0n) is 11.9. The highest BCUT2D eigenvalue weighted by molar-refractivity contribution is 6.60. The van der Waals surface area contributed by atoms with Crippen LogP contribution < -0.4 is 0 Å². The Bertz CT molecular complexity index is 264. The predicted octanol–water partition coefficient (Wildman–Crippen LogP) is 2.95. The molecule has 2 fully saturated rings. The van der Waals surface area contributed by atoms with E-state index in [0.29, 0.717) is 5.92 Å². The molecule has 0 aromatic heterocycles. The second kappa shape index (κ2) is 6.01. The van der Waals surface area contributed by atoms with E-state index in [2.05, 4.69) is 0 Å². The van der Waals surface area contributed by atoms with Gasteiger partial charge in [-0.3, -0.25) is 0 Å². The van der Waals surface area contributed by atoms with Gasteiger partial charge in [0, 0.05) is 39.7 Å². The third kappa shape index (κ3) is 2.65. The maximum Gasteiger partial charge on any atom is 0.502 e. The van der Waals surface area contributed by atoms with Gasteiger partial charge in [-0.15, -0.1) is 0 Å². The zero-order chi connectivity index (χ0) is 13.1. The van der Waals surface area contributed by atoms with Gasteiger partial charge in [-0.25, -0.2) is 0 Å². The molecule has 2 rings (SSSR count). The predicted molar refractivity (Wildman–Crippen MR) is 71.2 cm³/mol. The second-order valence-corrected chi connectivity index (χ2v) is 8.28. The van der Waals surface area contributed by atoms with Gasteiger partial charge in [-0.05, 0) is 19.3 Å². The Hall–Kier alpha value is 0.0569. The van der Waals surface area contributed by atoms with E-state index in [1.165, 1.54) is 32.1 Å². The summed E-state index contributed by atoms with van der Waals surface area (Å²) in [7, 11) is 2.67. The summed E-state index contributed by atoms with van der Waals surface area (Å²) < 4.78 is 23.3. The molecule has 1 heterocycles. The van der Waals surface area contributed by atoms with Crippen molar-refractivity contribution in [3.8, 4) is 0 Å². The van der Waals surface area contributed by atoms with E-state index in [4.69, 9.17) is 18.0 Å². The van der Waals surface area contributed by atoms with Crippen molar-refractivity contribution < 1.29 is 18.0 Å². The van der Waals surface area contributed by atoms with Crippen LogP contribution in [-0.2, 0) is 18.0 Å². The average molecular weight is 274 g/mol. The minimum absolute atomic E-state index is 0.461. The Labute approximate surface area is 111 Å². The van der Waals surface area contributed by atoms with Crippen LogP contribution >= 0.6 is 0 Å². The summed E-state index contributed by atoms with van der Waals surface area (Å²) in [5.74, 6) is 0.0328. The van der Waals surface area contributed by atoms with Crippen molar-refractivity contribution in [1.82, 2.24) is 0 Å². The van der Waals surface area contributed by atoms with Crippen molar-refractivity contribution >= 4 is 8.80 Å². The van der Waals surface area contributed by atoms with Crippen LogP contribution in [0.25, 0.3) is 0 Å². The van der Waals surface area contributed by atoms with Crippen LogP contribution in [0.4, 0.5) is 0 Å². The van der Waals surface area contributed by atoms with Crippen LogP contribution in [0, 0.1) is 5.92 Å². The Morgan fingerprint density at radius 3 is 2.22 bits per heavy atom. The highest BCUT2D eigenvalue weighted by Gasteiger charge is 2.54. The standard InChI is InChI=1S/C13H26O4Si/c1-14-13(12-8-5-4-6-9-12)10-7-11-18(15-2,16-3)17-13/h12H,4-11H2,1-3H3. The van der Waals surface area contributed by atoms with Crippen LogP contribution in [0.5, 0.6) is 0 Å². The number of hydrogen-bond acceptors (Lipinski definition) is 4. The molecule has 18 heavy (non-hydrogen) atoms. The van der Waals surface area contributed by atoms with Crippen molar-refractivity contribution in [2.75, 3.05) is 21.3 Å². The molecule has 0 amide bonds. The molecule has 1 atom stereocenters. The van der Waals surface area contributed by atoms with E-state index in [1.807, 2.05) is 0 Å². The minimum Gasteiger partial charge on any atom is -0.377 e. The smallest absolute Gasteiger partial charge is 0.377 e. The molecule has 1 saturated carbocycles. The molecular weight excluding hydrogens is 248 g/mol. The van der Waals surface area contributed by atoms with Crippen molar-refractivity contribution in [1.29, 1.82) is 0 Å². The molecule has 0 N–H and O–H groups in total. The summed E-state index contributed by atoms with van der Waals surface area (Å²) in [5, 5.41) is 0. The normalized spacial score (nSPS) is 33.5. The van der Waals surface area contributed by atoms with Gasteiger partial charge in [0.25, 0.3) is 0 Å². The summed E-state index contributed by atoms with van der Waals surface area (Å²) in [6.45, 7) is 0. The molecule has 0 bridgehead atoms. The molecule has 106 valence electrons. The lowest BCUT2D eigenvalue weighted by Crippen LogP contribution is -2.59. The summed E-state index contributed by atoms with van der Waals surface area (Å²) >= 11 is 0. The second-order valence-electron chi connectivity index (χ2n) is 5.40. The molecule has 1 aliphatic heterocycles. The van der Waals surface area contributed by atoms with E-state index in [0.717, 1.165) is 18.9 Å². The summed E-state index contributed by atoms with van der Waals surface area (Å²) in [4.78, 5) is 0. The fraction of sp³-hybridized carbons (Fsp3) is 1.00. The molecule has 2 aliphatic rings. The molecule has 0 aromatic rings. The summed E-state index contributed by atoms with van der Waals surface area (Å²) in [6, 6.07) is 0.901. The van der Waals surface area contributed by atoms with Gasteiger partial charge in [-0.2, -0.15) is 0 Å². The fourth-order valence-corrected chi connectivity index (χ4v) is 5.76. The van der Waals surface area contributed by atoms with Gasteiger partial charge in [-0.1, -0.05) is 19.3 Å². The molecule has 1 unspecified atom stereocenters. The van der Waals surface area contributed by atoms with Crippen LogP contribution in [0.2, 0.25) is 6.04 Å². The van der Waals surface area contributed by atoms with E-state index >= 15 is 0 Å². The number of methoxy groups -OCH3 is 1. The Morgan fingerprint density at radius 2 is 1.67 bits per heavy atom. The lowest BCUT2D eigenvalue weighted by molar-refractivity contribution is -0.243. The van der Waals surface area contributed by atoms with Gasteiger partial charge in [0.05, 0.1) is 0 Å². The van der Waals surface area contributed by atoms with Gasteiger partial charge >= 0.3 is 8.80 Å². The van der Waals surface area contributed by atoms with E-state index in [9.17, 15) is 0 Å². The quantitative estimate of drug-likeness (QED) is 0.739. The van der Waals surface area contributed by atoms with E-state index in [-0.39, 0.29) is 0 Å². The topological polar surface area (TPSA) is 36.9 Å². The average Bonchev–Trinajstić information content (AvgIpc) is 2.48. The van der Waals surface area contributed by atoms with Gasteiger partial charge in [0.2, 0.25) is 0 Å². The third-order valence-corrected chi connectivity index (χ3v) is 7.40. The summed E-state index contributed by atoms with van der Waals surface area (Å²) in [6.07, 6.45) is 8.35. The zero-order valence-corrected chi connectivity index (χ0v) is 12.9. The minimum atomic E-state index is -2.50. The van der Waals surface area contributed by atoms with Gasteiger partial charge in [0.15, 0.2) is 5.79 Å². The lowest BCUT2D eigenvalue weighted by Gasteiger charge is -2.48. The van der Waals surface area contributed by atoms with Crippen molar-refractivity contribution in [3.63, 3.8) is 0 Å². The fourth-order valence-electron chi connectivity index (χ4n) is 3.43. The molecule has 1 aliphatic carbocycles. The van der Waals surface area contributed by atoms with Crippen molar-refractivity contribution in [2.45, 2.75) is 56.8 Å². The SMILES string of the molecule is COC1(C2CCCCC2)CCC[Si](OC)(OC)O1. The molecular formula is C13H26O4Si. The molecule has 5 heteroatoms. The first-order chi connectivity index (χ1) is 8.70. The van der Waals surface area contributed by atoms with Crippen LogP contribution in [0.1, 0.15) is 44.9 Å². The molecule has 0 aromatic carbocycles. The highest BCUT2D eigenvalue weighted by Crippen LogP contribution is 2.44. The first-order valence-corrected chi connectivity index (χ1v) is 8.99. The number of rotatable bonds is 4. The molecule has 1 saturated heterocycles. The Balaban J connectivity index is 2.14. The summed E-state index contributed by atoms with van der Waals surface area (Å²) in [5.41, 5.74) is 0. The molecule has 0 radical (unpaired) electrons. The number of ether oxygens (including phenoxy) is 1. The number of hydrogen-bond donors (Lipinski definition) is 0. The lowest BCUT2D eigenvalue weighted by atomic mass is 9.81. The molecule has 4 nitrogen and oxygen atoms in total. The Kier molecular flexibility index (Phi) is 4.83. The van der Waals surface area contributed by atoms with Gasteiger partial charge < -0.3 is 18.0 Å². The van der Waals surface area contributed by atoms with Crippen LogP contribution in [0.15, 0.2) is 0 Å². The van der Waals surface area contributed by atoms with Gasteiger partial charge in [0.1, 0.15) is 0 Å². The monoisotopic (exact) mass is 274 g/mol. The Morgan fingerprint density at radius 1 is 1.00 bits per heavy atom. The van der Waals surface area contributed by atoms with Crippen molar-refractivity contribution in [3.05, 3.63) is 0 Å². The van der Waals surface area contributed by atoms with Crippen LogP contribution in [0.3, 0.4) is 0 Å². The third-order valence-electron chi connectivity index (χ3n) is 4.53. The maximum atomic E-state index is 6.32. The largest absolute Gasteiger partial charge is 0.502 e. The van der Waals surface area contributed by atoms with Crippen LogP contribution in [-0.4, -0.2) is 35.9 Å². The van der Waals surface area contributed by atoms with E-state index in [1.54, 1.807) is 21.3 Å². The van der Waals surface area contributed by atoms with E-state index < -0.39 is 14.6 Å².